The fourth-order valence-electron chi connectivity index (χ4n) is 3.60. The van der Waals surface area contributed by atoms with E-state index in [4.69, 9.17) is 0 Å². The first kappa shape index (κ1) is 23.0. The number of pyridine rings is 2. The van der Waals surface area contributed by atoms with E-state index in [1.54, 1.807) is 48.5 Å². The van der Waals surface area contributed by atoms with E-state index >= 15 is 0 Å². The summed E-state index contributed by atoms with van der Waals surface area (Å²) in [6, 6.07) is 19.7. The molecule has 1 amide bonds. The summed E-state index contributed by atoms with van der Waals surface area (Å²) in [5.74, 6) is -1.13. The minimum atomic E-state index is -1.01. The lowest BCUT2D eigenvalue weighted by Gasteiger charge is -2.10. The number of amides is 1. The molecule has 0 unspecified atom stereocenters. The highest BCUT2D eigenvalue weighted by molar-refractivity contribution is 8.00. The van der Waals surface area contributed by atoms with E-state index in [0.717, 1.165) is 16.8 Å². The predicted molar refractivity (Wildman–Crippen MR) is 132 cm³/mol. The Morgan fingerprint density at radius 1 is 1.06 bits per heavy atom. The van der Waals surface area contributed by atoms with Crippen LogP contribution in [0.2, 0.25) is 0 Å². The fourth-order valence-corrected chi connectivity index (χ4v) is 4.50. The number of hydrogen-bond acceptors (Lipinski definition) is 6. The molecular weight excluding hydrogens is 448 g/mol. The number of carbonyl (C=O) groups is 2. The number of aromatic nitrogens is 2. The number of rotatable bonds is 6. The molecule has 7 nitrogen and oxygen atoms in total. The van der Waals surface area contributed by atoms with Gasteiger partial charge in [-0.05, 0) is 49.7 Å². The number of aryl methyl sites for hydroxylation is 2. The quantitative estimate of drug-likeness (QED) is 0.373. The maximum Gasteiger partial charge on any atom is 0.336 e. The van der Waals surface area contributed by atoms with Crippen molar-refractivity contribution in [3.05, 3.63) is 83.0 Å². The zero-order valence-corrected chi connectivity index (χ0v) is 19.3. The van der Waals surface area contributed by atoms with Gasteiger partial charge in [0.1, 0.15) is 11.1 Å². The maximum absolute atomic E-state index is 12.5. The number of benzene rings is 2. The molecule has 2 heterocycles. The third-order valence-electron chi connectivity index (χ3n) is 5.17. The van der Waals surface area contributed by atoms with Crippen molar-refractivity contribution in [2.24, 2.45) is 0 Å². The number of nitrogens with one attached hydrogen (secondary N) is 1. The third-order valence-corrected chi connectivity index (χ3v) is 6.15. The monoisotopic (exact) mass is 468 g/mol. The van der Waals surface area contributed by atoms with Crippen LogP contribution in [0.3, 0.4) is 0 Å². The van der Waals surface area contributed by atoms with Crippen molar-refractivity contribution >= 4 is 40.2 Å². The van der Waals surface area contributed by atoms with Gasteiger partial charge in [0.25, 0.3) is 0 Å². The average molecular weight is 469 g/mol. The zero-order chi connectivity index (χ0) is 24.2. The summed E-state index contributed by atoms with van der Waals surface area (Å²) in [5, 5.41) is 22.9. The van der Waals surface area contributed by atoms with Crippen molar-refractivity contribution in [2.75, 3.05) is 11.1 Å². The molecule has 2 N–H and O–H groups in total. The number of carbonyl (C=O) groups excluding carboxylic acids is 1. The van der Waals surface area contributed by atoms with Crippen molar-refractivity contribution in [2.45, 2.75) is 18.9 Å². The van der Waals surface area contributed by atoms with E-state index in [-0.39, 0.29) is 17.2 Å². The number of carboxylic acids is 1. The Hall–Kier alpha value is -4.22. The largest absolute Gasteiger partial charge is 0.478 e. The van der Waals surface area contributed by atoms with Gasteiger partial charge in [0.2, 0.25) is 5.91 Å². The molecule has 0 saturated heterocycles. The Bertz CT molecular complexity index is 1460. The second-order valence-electron chi connectivity index (χ2n) is 7.66. The molecule has 0 aliphatic heterocycles. The van der Waals surface area contributed by atoms with Crippen LogP contribution < -0.4 is 5.32 Å². The van der Waals surface area contributed by atoms with Gasteiger partial charge >= 0.3 is 5.97 Å². The maximum atomic E-state index is 12.5. The number of hydrogen-bond donors (Lipinski definition) is 2. The first-order chi connectivity index (χ1) is 16.4. The van der Waals surface area contributed by atoms with Crippen LogP contribution in [0, 0.1) is 25.2 Å². The minimum absolute atomic E-state index is 0.112. The molecule has 4 rings (SSSR count). The number of thioether (sulfide) groups is 1. The first-order valence-electron chi connectivity index (χ1n) is 10.4. The van der Waals surface area contributed by atoms with Gasteiger partial charge in [0, 0.05) is 22.3 Å². The molecule has 2 aromatic heterocycles. The Morgan fingerprint density at radius 2 is 1.79 bits per heavy atom. The number of anilines is 1. The van der Waals surface area contributed by atoms with Crippen molar-refractivity contribution in [1.29, 1.82) is 5.26 Å². The highest BCUT2D eigenvalue weighted by Gasteiger charge is 2.14. The van der Waals surface area contributed by atoms with Gasteiger partial charge in [0.05, 0.1) is 28.1 Å². The summed E-state index contributed by atoms with van der Waals surface area (Å²) in [6.07, 6.45) is 0. The van der Waals surface area contributed by atoms with Crippen molar-refractivity contribution in [3.8, 4) is 17.3 Å². The van der Waals surface area contributed by atoms with Gasteiger partial charge in [0.15, 0.2) is 0 Å². The number of fused-ring (bicyclic) bond motifs is 1. The molecule has 0 spiro atoms. The predicted octanol–water partition coefficient (Wildman–Crippen LogP) is 5.21. The molecule has 34 heavy (non-hydrogen) atoms. The van der Waals surface area contributed by atoms with Gasteiger partial charge in [-0.15, -0.1) is 0 Å². The second kappa shape index (κ2) is 9.73. The summed E-state index contributed by atoms with van der Waals surface area (Å²) < 4.78 is 0. The van der Waals surface area contributed by atoms with E-state index in [1.807, 2.05) is 26.0 Å². The zero-order valence-electron chi connectivity index (χ0n) is 18.5. The van der Waals surface area contributed by atoms with Crippen LogP contribution in [-0.4, -0.2) is 32.7 Å². The SMILES string of the molecule is Cc1cc(C)c(C#N)c(SCC(=O)Nc2ccc(-c3cc(C(=O)O)c4ccccc4n3)cc2)n1. The molecular formula is C26H20N4O3S. The summed E-state index contributed by atoms with van der Waals surface area (Å²) in [7, 11) is 0. The lowest BCUT2D eigenvalue weighted by Crippen LogP contribution is -2.14. The second-order valence-corrected chi connectivity index (χ2v) is 8.63. The molecule has 4 aromatic rings. The molecule has 0 radical (unpaired) electrons. The van der Waals surface area contributed by atoms with Gasteiger partial charge in [-0.1, -0.05) is 42.1 Å². The number of aromatic carboxylic acids is 1. The number of carboxylic acid groups (broad SMARTS) is 1. The molecule has 0 bridgehead atoms. The number of para-hydroxylation sites is 1. The Morgan fingerprint density at radius 3 is 2.50 bits per heavy atom. The number of nitriles is 1. The van der Waals surface area contributed by atoms with Crippen LogP contribution in [-0.2, 0) is 4.79 Å². The average Bonchev–Trinajstić information content (AvgIpc) is 2.82. The van der Waals surface area contributed by atoms with Crippen LogP contribution in [0.15, 0.2) is 65.7 Å². The van der Waals surface area contributed by atoms with Crippen LogP contribution >= 0.6 is 11.8 Å². The van der Waals surface area contributed by atoms with E-state index in [1.165, 1.54) is 11.8 Å². The molecule has 2 aromatic carbocycles. The highest BCUT2D eigenvalue weighted by Crippen LogP contribution is 2.27. The summed E-state index contributed by atoms with van der Waals surface area (Å²) in [6.45, 7) is 3.70. The van der Waals surface area contributed by atoms with Crippen LogP contribution in [0.5, 0.6) is 0 Å². The highest BCUT2D eigenvalue weighted by atomic mass is 32.2. The van der Waals surface area contributed by atoms with E-state index < -0.39 is 5.97 Å². The topological polar surface area (TPSA) is 116 Å². The molecule has 0 atom stereocenters. The smallest absolute Gasteiger partial charge is 0.336 e. The van der Waals surface area contributed by atoms with Crippen LogP contribution in [0.25, 0.3) is 22.2 Å². The normalized spacial score (nSPS) is 10.6. The van der Waals surface area contributed by atoms with E-state index in [9.17, 15) is 20.0 Å². The molecule has 8 heteroatoms. The van der Waals surface area contributed by atoms with E-state index in [2.05, 4.69) is 21.4 Å². The minimum Gasteiger partial charge on any atom is -0.478 e. The summed E-state index contributed by atoms with van der Waals surface area (Å²) in [4.78, 5) is 33.1. The number of nitrogens with zero attached hydrogens (tertiary/aromatic N) is 3. The van der Waals surface area contributed by atoms with Crippen LogP contribution in [0.4, 0.5) is 5.69 Å². The molecule has 0 aliphatic carbocycles. The van der Waals surface area contributed by atoms with Crippen molar-refractivity contribution in [1.82, 2.24) is 9.97 Å². The molecule has 0 aliphatic rings. The van der Waals surface area contributed by atoms with Gasteiger partial charge < -0.3 is 10.4 Å². The first-order valence-corrected chi connectivity index (χ1v) is 11.4. The molecule has 0 saturated carbocycles. The lowest BCUT2D eigenvalue weighted by atomic mass is 10.0. The van der Waals surface area contributed by atoms with Crippen molar-refractivity contribution < 1.29 is 14.7 Å². The Labute approximate surface area is 200 Å². The van der Waals surface area contributed by atoms with Crippen LogP contribution in [0.1, 0.15) is 27.2 Å². The van der Waals surface area contributed by atoms with Crippen molar-refractivity contribution in [3.63, 3.8) is 0 Å². The lowest BCUT2D eigenvalue weighted by molar-refractivity contribution is -0.113. The standard InChI is InChI=1S/C26H20N4O3S/c1-15-11-16(2)28-25(21(15)13-27)34-14-24(31)29-18-9-7-17(8-10-18)23-12-20(26(32)33)19-5-3-4-6-22(19)30-23/h3-12H,14H2,1-2H3,(H,29,31)(H,32,33). The summed E-state index contributed by atoms with van der Waals surface area (Å²) >= 11 is 1.22. The molecule has 168 valence electrons. The Kier molecular flexibility index (Phi) is 6.57. The fraction of sp³-hybridized carbons (Fsp3) is 0.115. The third kappa shape index (κ3) is 4.90. The van der Waals surface area contributed by atoms with Gasteiger partial charge in [-0.3, -0.25) is 4.79 Å². The Balaban J connectivity index is 1.48. The van der Waals surface area contributed by atoms with Gasteiger partial charge in [-0.25, -0.2) is 14.8 Å². The molecule has 0 fully saturated rings. The summed E-state index contributed by atoms with van der Waals surface area (Å²) in [5.41, 5.74) is 4.77. The van der Waals surface area contributed by atoms with E-state index in [0.29, 0.717) is 32.9 Å². The van der Waals surface area contributed by atoms with Gasteiger partial charge in [-0.2, -0.15) is 5.26 Å².